The summed E-state index contributed by atoms with van der Waals surface area (Å²) in [4.78, 5) is 26.3. The Bertz CT molecular complexity index is 793. The Hall–Kier alpha value is -2.41. The summed E-state index contributed by atoms with van der Waals surface area (Å²) in [5, 5.41) is 0. The van der Waals surface area contributed by atoms with E-state index in [-0.39, 0.29) is 17.9 Å². The lowest BCUT2D eigenvalue weighted by Gasteiger charge is -2.32. The van der Waals surface area contributed by atoms with Crippen molar-refractivity contribution in [2.75, 3.05) is 37.7 Å². The van der Waals surface area contributed by atoms with Gasteiger partial charge in [0.15, 0.2) is 5.76 Å². The average Bonchev–Trinajstić information content (AvgIpc) is 3.03. The van der Waals surface area contributed by atoms with Crippen molar-refractivity contribution in [2.24, 2.45) is 5.92 Å². The van der Waals surface area contributed by atoms with Gasteiger partial charge in [-0.2, -0.15) is 0 Å². The van der Waals surface area contributed by atoms with Crippen LogP contribution in [-0.2, 0) is 11.2 Å². The lowest BCUT2D eigenvalue weighted by molar-refractivity contribution is 0.0475. The van der Waals surface area contributed by atoms with Crippen molar-refractivity contribution in [3.8, 4) is 0 Å². The van der Waals surface area contributed by atoms with Crippen molar-refractivity contribution in [3.05, 3.63) is 41.7 Å². The molecule has 0 aromatic carbocycles. The lowest BCUT2D eigenvalue weighted by atomic mass is 10.1. The monoisotopic (exact) mass is 370 g/mol. The summed E-state index contributed by atoms with van der Waals surface area (Å²) in [5.74, 6) is 2.35. The molecule has 144 valence electrons. The van der Waals surface area contributed by atoms with Crippen LogP contribution < -0.4 is 4.90 Å². The summed E-state index contributed by atoms with van der Waals surface area (Å²) in [7, 11) is 0. The zero-order valence-corrected chi connectivity index (χ0v) is 15.9. The standard InChI is InChI=1S/C20H26N4O3/c1-3-5-16-8-21-14(2)22-19(16)24-10-15-9-23(11-17(24)13-26-12-15)20(25)18-6-4-7-27-18/h4,6-8,15,17H,3,5,9-13H2,1-2H3/t15-,17-/m0/s1. The van der Waals surface area contributed by atoms with E-state index in [0.717, 1.165) is 31.0 Å². The summed E-state index contributed by atoms with van der Waals surface area (Å²) < 4.78 is 11.2. The quantitative estimate of drug-likeness (QED) is 0.822. The fourth-order valence-electron chi connectivity index (χ4n) is 4.00. The molecule has 2 fully saturated rings. The Morgan fingerprint density at radius 2 is 2.19 bits per heavy atom. The smallest absolute Gasteiger partial charge is 0.289 e. The minimum absolute atomic E-state index is 0.0496. The van der Waals surface area contributed by atoms with Gasteiger partial charge in [-0.05, 0) is 25.5 Å². The molecule has 7 nitrogen and oxygen atoms in total. The van der Waals surface area contributed by atoms with Gasteiger partial charge in [0.2, 0.25) is 0 Å². The number of ether oxygens (including phenoxy) is 1. The van der Waals surface area contributed by atoms with Gasteiger partial charge in [0.1, 0.15) is 11.6 Å². The molecule has 27 heavy (non-hydrogen) atoms. The maximum Gasteiger partial charge on any atom is 0.289 e. The maximum absolute atomic E-state index is 12.9. The van der Waals surface area contributed by atoms with E-state index in [2.05, 4.69) is 16.8 Å². The predicted molar refractivity (Wildman–Crippen MR) is 101 cm³/mol. The Morgan fingerprint density at radius 1 is 1.30 bits per heavy atom. The van der Waals surface area contributed by atoms with Crippen LogP contribution in [0.5, 0.6) is 0 Å². The zero-order chi connectivity index (χ0) is 18.8. The molecule has 0 saturated carbocycles. The van der Waals surface area contributed by atoms with E-state index in [9.17, 15) is 4.79 Å². The van der Waals surface area contributed by atoms with Gasteiger partial charge in [-0.1, -0.05) is 13.3 Å². The van der Waals surface area contributed by atoms with Gasteiger partial charge in [-0.3, -0.25) is 4.79 Å². The molecule has 0 unspecified atom stereocenters. The molecule has 2 bridgehead atoms. The van der Waals surface area contributed by atoms with Crippen molar-refractivity contribution in [2.45, 2.75) is 32.7 Å². The average molecular weight is 370 g/mol. The number of anilines is 1. The molecular weight excluding hydrogens is 344 g/mol. The first-order valence-electron chi connectivity index (χ1n) is 9.65. The molecule has 0 spiro atoms. The molecule has 7 heteroatoms. The first kappa shape index (κ1) is 18.0. The third-order valence-electron chi connectivity index (χ3n) is 5.24. The predicted octanol–water partition coefficient (Wildman–Crippen LogP) is 2.31. The number of aromatic nitrogens is 2. The minimum Gasteiger partial charge on any atom is -0.459 e. The summed E-state index contributed by atoms with van der Waals surface area (Å²) in [6.45, 7) is 7.43. The summed E-state index contributed by atoms with van der Waals surface area (Å²) in [6, 6.07) is 3.55. The second-order valence-corrected chi connectivity index (χ2v) is 7.41. The van der Waals surface area contributed by atoms with Crippen LogP contribution in [0.1, 0.15) is 35.3 Å². The van der Waals surface area contributed by atoms with Crippen LogP contribution in [0.4, 0.5) is 5.82 Å². The Kier molecular flexibility index (Phi) is 5.11. The van der Waals surface area contributed by atoms with Crippen LogP contribution in [-0.4, -0.2) is 59.7 Å². The highest BCUT2D eigenvalue weighted by molar-refractivity contribution is 5.91. The van der Waals surface area contributed by atoms with E-state index in [1.807, 2.05) is 18.0 Å². The van der Waals surface area contributed by atoms with Gasteiger partial charge in [0.25, 0.3) is 5.91 Å². The maximum atomic E-state index is 12.9. The molecule has 0 aliphatic carbocycles. The number of amides is 1. The van der Waals surface area contributed by atoms with E-state index in [0.29, 0.717) is 32.1 Å². The van der Waals surface area contributed by atoms with Crippen LogP contribution in [0.2, 0.25) is 0 Å². The molecule has 4 rings (SSSR count). The van der Waals surface area contributed by atoms with E-state index in [4.69, 9.17) is 14.1 Å². The number of aryl methyl sites for hydroxylation is 2. The normalized spacial score (nSPS) is 22.6. The van der Waals surface area contributed by atoms with Gasteiger partial charge in [0, 0.05) is 37.3 Å². The van der Waals surface area contributed by atoms with Crippen molar-refractivity contribution >= 4 is 11.7 Å². The van der Waals surface area contributed by atoms with Crippen molar-refractivity contribution in [1.82, 2.24) is 14.9 Å². The third-order valence-corrected chi connectivity index (χ3v) is 5.24. The molecule has 2 atom stereocenters. The van der Waals surface area contributed by atoms with E-state index >= 15 is 0 Å². The molecular formula is C20H26N4O3. The molecule has 2 aliphatic rings. The SMILES string of the molecule is CCCc1cnc(C)nc1N1C[C@H]2COC[C@@H]1CN(C(=O)c1ccco1)C2. The molecule has 2 saturated heterocycles. The molecule has 1 amide bonds. The van der Waals surface area contributed by atoms with E-state index in [1.54, 1.807) is 18.4 Å². The Balaban J connectivity index is 1.65. The number of furan rings is 1. The second-order valence-electron chi connectivity index (χ2n) is 7.41. The largest absolute Gasteiger partial charge is 0.459 e. The number of rotatable bonds is 4. The van der Waals surface area contributed by atoms with Crippen LogP contribution in [0.15, 0.2) is 29.0 Å². The van der Waals surface area contributed by atoms with Gasteiger partial charge in [0.05, 0.1) is 25.5 Å². The highest BCUT2D eigenvalue weighted by Gasteiger charge is 2.37. The lowest BCUT2D eigenvalue weighted by Crippen LogP contribution is -2.46. The van der Waals surface area contributed by atoms with E-state index in [1.165, 1.54) is 5.56 Å². The van der Waals surface area contributed by atoms with Gasteiger partial charge in [-0.15, -0.1) is 0 Å². The van der Waals surface area contributed by atoms with Crippen LogP contribution in [0, 0.1) is 12.8 Å². The first-order chi connectivity index (χ1) is 13.2. The molecule has 2 aromatic rings. The molecule has 0 radical (unpaired) electrons. The fraction of sp³-hybridized carbons (Fsp3) is 0.550. The number of fused-ring (bicyclic) bond motifs is 3. The number of nitrogens with zero attached hydrogens (tertiary/aromatic N) is 4. The molecule has 2 aromatic heterocycles. The molecule has 2 aliphatic heterocycles. The van der Waals surface area contributed by atoms with E-state index < -0.39 is 0 Å². The van der Waals surface area contributed by atoms with Crippen molar-refractivity contribution in [3.63, 3.8) is 0 Å². The van der Waals surface area contributed by atoms with Crippen molar-refractivity contribution < 1.29 is 13.9 Å². The first-order valence-corrected chi connectivity index (χ1v) is 9.65. The minimum atomic E-state index is -0.0496. The summed E-state index contributed by atoms with van der Waals surface area (Å²) >= 11 is 0. The topological polar surface area (TPSA) is 71.7 Å². The number of hydrogen-bond donors (Lipinski definition) is 0. The third kappa shape index (κ3) is 3.69. The molecule has 0 N–H and O–H groups in total. The highest BCUT2D eigenvalue weighted by Crippen LogP contribution is 2.28. The van der Waals surface area contributed by atoms with Crippen LogP contribution in [0.3, 0.4) is 0 Å². The second kappa shape index (κ2) is 7.68. The van der Waals surface area contributed by atoms with Gasteiger partial charge >= 0.3 is 0 Å². The van der Waals surface area contributed by atoms with Crippen LogP contribution >= 0.6 is 0 Å². The Morgan fingerprint density at radius 3 is 2.96 bits per heavy atom. The van der Waals surface area contributed by atoms with Crippen molar-refractivity contribution in [1.29, 1.82) is 0 Å². The fourth-order valence-corrected chi connectivity index (χ4v) is 4.00. The summed E-state index contributed by atoms with van der Waals surface area (Å²) in [6.07, 6.45) is 5.48. The van der Waals surface area contributed by atoms with Gasteiger partial charge < -0.3 is 19.0 Å². The highest BCUT2D eigenvalue weighted by atomic mass is 16.5. The number of carbonyl (C=O) groups is 1. The summed E-state index contributed by atoms with van der Waals surface area (Å²) in [5.41, 5.74) is 1.17. The van der Waals surface area contributed by atoms with Gasteiger partial charge in [-0.25, -0.2) is 9.97 Å². The number of carbonyl (C=O) groups excluding carboxylic acids is 1. The Labute approximate surface area is 159 Å². The molecule has 4 heterocycles. The zero-order valence-electron chi connectivity index (χ0n) is 15.9. The number of hydrogen-bond acceptors (Lipinski definition) is 6. The van der Waals surface area contributed by atoms with Crippen LogP contribution in [0.25, 0.3) is 0 Å².